The number of piperidine rings is 1. The molecule has 1 aliphatic heterocycles. The molecule has 1 aromatic rings. The number of ether oxygens (including phenoxy) is 1. The average molecular weight is 294 g/mol. The summed E-state index contributed by atoms with van der Waals surface area (Å²) in [6.07, 6.45) is 2.12. The number of esters is 1. The number of halogens is 1. The predicted molar refractivity (Wildman–Crippen MR) is 82.0 cm³/mol. The van der Waals surface area contributed by atoms with Gasteiger partial charge in [0.05, 0.1) is 17.9 Å². The molecular weight excluding hydrogens is 271 g/mol. The van der Waals surface area contributed by atoms with Gasteiger partial charge in [0.15, 0.2) is 0 Å². The maximum Gasteiger partial charge on any atom is 0.340 e. The van der Waals surface area contributed by atoms with Gasteiger partial charge >= 0.3 is 5.97 Å². The molecule has 0 saturated carbocycles. The van der Waals surface area contributed by atoms with E-state index in [1.807, 2.05) is 4.90 Å². The van der Waals surface area contributed by atoms with Crippen LogP contribution in [0.2, 0.25) is 0 Å². The molecule has 1 heterocycles. The molecule has 0 bridgehead atoms. The molecule has 0 atom stereocenters. The quantitative estimate of drug-likeness (QED) is 0.687. The monoisotopic (exact) mass is 294 g/mol. The highest BCUT2D eigenvalue weighted by Crippen LogP contribution is 2.34. The summed E-state index contributed by atoms with van der Waals surface area (Å²) in [5, 5.41) is 0. The zero-order valence-electron chi connectivity index (χ0n) is 12.9. The van der Waals surface area contributed by atoms with Crippen molar-refractivity contribution in [3.63, 3.8) is 0 Å². The van der Waals surface area contributed by atoms with Crippen LogP contribution in [0.15, 0.2) is 12.1 Å². The van der Waals surface area contributed by atoms with E-state index < -0.39 is 11.8 Å². The van der Waals surface area contributed by atoms with Gasteiger partial charge in [-0.05, 0) is 37.3 Å². The van der Waals surface area contributed by atoms with Crippen molar-refractivity contribution in [3.05, 3.63) is 23.5 Å². The molecule has 0 aromatic heterocycles. The second kappa shape index (κ2) is 5.92. The van der Waals surface area contributed by atoms with Crippen molar-refractivity contribution < 1.29 is 13.9 Å². The van der Waals surface area contributed by atoms with Gasteiger partial charge in [-0.3, -0.25) is 0 Å². The van der Waals surface area contributed by atoms with Crippen LogP contribution in [0.5, 0.6) is 0 Å². The smallest absolute Gasteiger partial charge is 0.340 e. The van der Waals surface area contributed by atoms with Crippen LogP contribution in [0.1, 0.15) is 44.0 Å². The lowest BCUT2D eigenvalue weighted by Crippen LogP contribution is -2.40. The molecule has 1 saturated heterocycles. The fourth-order valence-electron chi connectivity index (χ4n) is 2.83. The normalized spacial score (nSPS) is 17.6. The lowest BCUT2D eigenvalue weighted by atomic mass is 9.84. The Labute approximate surface area is 125 Å². The molecular formula is C16H23FN2O2. The highest BCUT2D eigenvalue weighted by atomic mass is 19.1. The number of carbonyl (C=O) groups excluding carboxylic acids is 1. The summed E-state index contributed by atoms with van der Waals surface area (Å²) < 4.78 is 19.2. The van der Waals surface area contributed by atoms with E-state index in [0.29, 0.717) is 5.69 Å². The number of hydrogen-bond acceptors (Lipinski definition) is 4. The van der Waals surface area contributed by atoms with Crippen molar-refractivity contribution in [3.8, 4) is 0 Å². The van der Waals surface area contributed by atoms with Crippen LogP contribution in [0.4, 0.5) is 15.8 Å². The van der Waals surface area contributed by atoms with Crippen LogP contribution in [-0.4, -0.2) is 25.7 Å². The van der Waals surface area contributed by atoms with Gasteiger partial charge in [0.1, 0.15) is 5.82 Å². The fourth-order valence-corrected chi connectivity index (χ4v) is 2.83. The number of hydrogen-bond donors (Lipinski definition) is 1. The van der Waals surface area contributed by atoms with Crippen LogP contribution in [-0.2, 0) is 4.74 Å². The van der Waals surface area contributed by atoms with Gasteiger partial charge in [-0.25, -0.2) is 9.18 Å². The molecule has 5 heteroatoms. The van der Waals surface area contributed by atoms with E-state index in [0.717, 1.165) is 25.9 Å². The first kappa shape index (κ1) is 15.6. The summed E-state index contributed by atoms with van der Waals surface area (Å²) in [7, 11) is 0. The molecule has 1 aliphatic rings. The van der Waals surface area contributed by atoms with E-state index in [4.69, 9.17) is 10.5 Å². The van der Waals surface area contributed by atoms with E-state index in [2.05, 4.69) is 13.8 Å². The van der Waals surface area contributed by atoms with E-state index in [-0.39, 0.29) is 23.3 Å². The van der Waals surface area contributed by atoms with Gasteiger partial charge in [0, 0.05) is 18.8 Å². The number of nitrogens with zero attached hydrogens (tertiary/aromatic N) is 1. The Morgan fingerprint density at radius 1 is 1.48 bits per heavy atom. The Morgan fingerprint density at radius 3 is 2.81 bits per heavy atom. The Kier molecular flexibility index (Phi) is 4.40. The summed E-state index contributed by atoms with van der Waals surface area (Å²) >= 11 is 0. The van der Waals surface area contributed by atoms with Crippen molar-refractivity contribution in [2.75, 3.05) is 30.3 Å². The van der Waals surface area contributed by atoms with E-state index in [1.165, 1.54) is 12.1 Å². The molecule has 0 aliphatic carbocycles. The number of nitrogens with two attached hydrogens (primary N) is 1. The molecule has 0 spiro atoms. The van der Waals surface area contributed by atoms with Gasteiger partial charge < -0.3 is 15.4 Å². The van der Waals surface area contributed by atoms with Gasteiger partial charge in [0.2, 0.25) is 0 Å². The lowest BCUT2D eigenvalue weighted by molar-refractivity contribution is 0.0527. The molecule has 0 amide bonds. The Balaban J connectivity index is 2.35. The highest BCUT2D eigenvalue weighted by Gasteiger charge is 2.28. The minimum atomic E-state index is -0.507. The number of anilines is 2. The molecule has 1 aromatic carbocycles. The third kappa shape index (κ3) is 3.46. The molecule has 1 fully saturated rings. The highest BCUT2D eigenvalue weighted by molar-refractivity contribution is 5.96. The minimum Gasteiger partial charge on any atom is -0.462 e. The van der Waals surface area contributed by atoms with Crippen LogP contribution in [0.25, 0.3) is 0 Å². The summed E-state index contributed by atoms with van der Waals surface area (Å²) in [5.74, 6) is -0.897. The van der Waals surface area contributed by atoms with Crippen molar-refractivity contribution in [2.24, 2.45) is 5.41 Å². The summed E-state index contributed by atoms with van der Waals surface area (Å²) in [6.45, 7) is 7.87. The molecule has 21 heavy (non-hydrogen) atoms. The Morgan fingerprint density at radius 2 is 2.19 bits per heavy atom. The maximum absolute atomic E-state index is 14.2. The van der Waals surface area contributed by atoms with Crippen molar-refractivity contribution >= 4 is 17.3 Å². The summed E-state index contributed by atoms with van der Waals surface area (Å²) in [6, 6.07) is 2.73. The molecule has 4 nitrogen and oxygen atoms in total. The van der Waals surface area contributed by atoms with Gasteiger partial charge in [-0.1, -0.05) is 13.8 Å². The fraction of sp³-hybridized carbons (Fsp3) is 0.562. The Bertz CT molecular complexity index is 543. The van der Waals surface area contributed by atoms with E-state index >= 15 is 0 Å². The topological polar surface area (TPSA) is 55.6 Å². The SMILES string of the molecule is CCOC(=O)c1cc(N2CCCC(C)(C)C2)c(F)cc1N. The van der Waals surface area contributed by atoms with E-state index in [1.54, 1.807) is 6.92 Å². The summed E-state index contributed by atoms with van der Waals surface area (Å²) in [5.41, 5.74) is 6.66. The lowest BCUT2D eigenvalue weighted by Gasteiger charge is -2.39. The van der Waals surface area contributed by atoms with Crippen LogP contribution in [0.3, 0.4) is 0 Å². The van der Waals surface area contributed by atoms with E-state index in [9.17, 15) is 9.18 Å². The predicted octanol–water partition coefficient (Wildman–Crippen LogP) is 3.21. The molecule has 2 rings (SSSR count). The average Bonchev–Trinajstić information content (AvgIpc) is 2.37. The van der Waals surface area contributed by atoms with Gasteiger partial charge in [-0.2, -0.15) is 0 Å². The van der Waals surface area contributed by atoms with Crippen molar-refractivity contribution in [1.29, 1.82) is 0 Å². The number of carbonyl (C=O) groups is 1. The largest absolute Gasteiger partial charge is 0.462 e. The third-order valence-corrected chi connectivity index (χ3v) is 3.86. The number of nitrogen functional groups attached to an aromatic ring is 1. The van der Waals surface area contributed by atoms with Gasteiger partial charge in [0.25, 0.3) is 0 Å². The first-order valence-electron chi connectivity index (χ1n) is 7.35. The number of benzene rings is 1. The molecule has 116 valence electrons. The van der Waals surface area contributed by atoms with Crippen LogP contribution >= 0.6 is 0 Å². The first-order chi connectivity index (χ1) is 9.84. The van der Waals surface area contributed by atoms with Crippen LogP contribution < -0.4 is 10.6 Å². The summed E-state index contributed by atoms with van der Waals surface area (Å²) in [4.78, 5) is 13.9. The zero-order chi connectivity index (χ0) is 15.6. The zero-order valence-corrected chi connectivity index (χ0v) is 12.9. The van der Waals surface area contributed by atoms with Crippen molar-refractivity contribution in [1.82, 2.24) is 0 Å². The molecule has 0 unspecified atom stereocenters. The standard InChI is InChI=1S/C16H23FN2O2/c1-4-21-15(20)11-8-14(12(17)9-13(11)18)19-7-5-6-16(2,3)10-19/h8-9H,4-7,10,18H2,1-3H3. The molecule has 2 N–H and O–H groups in total. The molecule has 0 radical (unpaired) electrons. The minimum absolute atomic E-state index is 0.117. The van der Waals surface area contributed by atoms with Gasteiger partial charge in [-0.15, -0.1) is 0 Å². The first-order valence-corrected chi connectivity index (χ1v) is 7.35. The third-order valence-electron chi connectivity index (χ3n) is 3.86. The van der Waals surface area contributed by atoms with Crippen LogP contribution in [0, 0.1) is 11.2 Å². The second-order valence-corrected chi connectivity index (χ2v) is 6.30. The van der Waals surface area contributed by atoms with Crippen molar-refractivity contribution in [2.45, 2.75) is 33.6 Å². The number of rotatable bonds is 3. The maximum atomic E-state index is 14.2. The Hall–Kier alpha value is -1.78. The second-order valence-electron chi connectivity index (χ2n) is 6.30.